The predicted octanol–water partition coefficient (Wildman–Crippen LogP) is 3.29. The van der Waals surface area contributed by atoms with E-state index in [0.717, 1.165) is 6.42 Å². The van der Waals surface area contributed by atoms with Crippen molar-refractivity contribution in [3.05, 3.63) is 33.8 Å². The van der Waals surface area contributed by atoms with Crippen LogP contribution in [0.4, 0.5) is 0 Å². The van der Waals surface area contributed by atoms with E-state index < -0.39 is 11.5 Å². The second-order valence-corrected chi connectivity index (χ2v) is 4.80. The van der Waals surface area contributed by atoms with E-state index in [1.807, 2.05) is 6.92 Å². The summed E-state index contributed by atoms with van der Waals surface area (Å²) in [6, 6.07) is 4.86. The molecule has 0 saturated heterocycles. The number of carbonyl (C=O) groups is 1. The van der Waals surface area contributed by atoms with Gasteiger partial charge in [-0.15, -0.1) is 0 Å². The molecular formula is C12H15Cl2NO2. The third-order valence-electron chi connectivity index (χ3n) is 2.65. The highest BCUT2D eigenvalue weighted by Gasteiger charge is 2.34. The van der Waals surface area contributed by atoms with Crippen LogP contribution in [0.15, 0.2) is 18.2 Å². The fraction of sp³-hybridized carbons (Fsp3) is 0.417. The van der Waals surface area contributed by atoms with E-state index in [-0.39, 0.29) is 0 Å². The summed E-state index contributed by atoms with van der Waals surface area (Å²) >= 11 is 11.7. The predicted molar refractivity (Wildman–Crippen MR) is 69.7 cm³/mol. The first kappa shape index (κ1) is 14.3. The first-order chi connectivity index (χ1) is 7.91. The van der Waals surface area contributed by atoms with E-state index >= 15 is 0 Å². The van der Waals surface area contributed by atoms with Crippen molar-refractivity contribution in [3.8, 4) is 0 Å². The Bertz CT molecular complexity index is 423. The molecule has 3 nitrogen and oxygen atoms in total. The zero-order valence-corrected chi connectivity index (χ0v) is 11.3. The smallest absolute Gasteiger partial charge is 0.328 e. The minimum Gasteiger partial charge on any atom is -0.480 e. The molecule has 0 spiro atoms. The molecule has 0 bridgehead atoms. The molecule has 1 atom stereocenters. The molecule has 1 aromatic carbocycles. The van der Waals surface area contributed by atoms with Crippen LogP contribution in [0.2, 0.25) is 10.0 Å². The highest BCUT2D eigenvalue weighted by molar-refractivity contribution is 6.42. The second-order valence-electron chi connectivity index (χ2n) is 3.99. The number of aliphatic carboxylic acids is 1. The molecule has 0 aliphatic rings. The van der Waals surface area contributed by atoms with Gasteiger partial charge >= 0.3 is 5.97 Å². The highest BCUT2D eigenvalue weighted by atomic mass is 35.5. The maximum Gasteiger partial charge on any atom is 0.328 e. The monoisotopic (exact) mass is 275 g/mol. The summed E-state index contributed by atoms with van der Waals surface area (Å²) in [6.45, 7) is 4.21. The second kappa shape index (κ2) is 5.71. The summed E-state index contributed by atoms with van der Waals surface area (Å²) < 4.78 is 0. The van der Waals surface area contributed by atoms with Gasteiger partial charge in [-0.05, 0) is 37.6 Å². The molecule has 0 aliphatic carbocycles. The van der Waals surface area contributed by atoms with Gasteiger partial charge in [0.1, 0.15) is 5.54 Å². The highest BCUT2D eigenvalue weighted by Crippen LogP contribution is 2.28. The first-order valence-electron chi connectivity index (χ1n) is 5.35. The van der Waals surface area contributed by atoms with Crippen molar-refractivity contribution in [1.82, 2.24) is 5.32 Å². The number of benzene rings is 1. The molecule has 0 saturated carbocycles. The summed E-state index contributed by atoms with van der Waals surface area (Å²) in [7, 11) is 0. The van der Waals surface area contributed by atoms with Crippen LogP contribution in [0, 0.1) is 0 Å². The minimum atomic E-state index is -1.15. The Labute approximate surface area is 111 Å². The molecule has 5 heteroatoms. The fourth-order valence-electron chi connectivity index (χ4n) is 1.48. The lowest BCUT2D eigenvalue weighted by Gasteiger charge is -2.27. The van der Waals surface area contributed by atoms with Gasteiger partial charge in [0, 0.05) is 0 Å². The Hall–Kier alpha value is -0.770. The van der Waals surface area contributed by atoms with Gasteiger partial charge in [-0.25, -0.2) is 4.79 Å². The van der Waals surface area contributed by atoms with Crippen LogP contribution in [-0.4, -0.2) is 17.6 Å². The molecule has 1 unspecified atom stereocenters. The number of hydrogen-bond donors (Lipinski definition) is 2. The van der Waals surface area contributed by atoms with Gasteiger partial charge in [0.15, 0.2) is 0 Å². The number of nitrogens with one attached hydrogen (secondary N) is 1. The van der Waals surface area contributed by atoms with Gasteiger partial charge in [0.2, 0.25) is 0 Å². The van der Waals surface area contributed by atoms with Crippen molar-refractivity contribution < 1.29 is 9.90 Å². The van der Waals surface area contributed by atoms with Crippen molar-refractivity contribution in [1.29, 1.82) is 0 Å². The van der Waals surface area contributed by atoms with E-state index in [1.165, 1.54) is 0 Å². The Morgan fingerprint density at radius 3 is 2.53 bits per heavy atom. The molecule has 0 aromatic heterocycles. The van der Waals surface area contributed by atoms with Gasteiger partial charge in [-0.1, -0.05) is 36.2 Å². The zero-order chi connectivity index (χ0) is 13.1. The fourth-order valence-corrected chi connectivity index (χ4v) is 1.78. The van der Waals surface area contributed by atoms with Crippen LogP contribution >= 0.6 is 23.2 Å². The van der Waals surface area contributed by atoms with Crippen LogP contribution in [0.5, 0.6) is 0 Å². The Morgan fingerprint density at radius 1 is 1.41 bits per heavy atom. The molecule has 0 aliphatic heterocycles. The number of carboxylic acid groups (broad SMARTS) is 1. The molecule has 1 aromatic rings. The number of carboxylic acids is 1. The van der Waals surface area contributed by atoms with Crippen molar-refractivity contribution in [3.63, 3.8) is 0 Å². The van der Waals surface area contributed by atoms with Gasteiger partial charge in [-0.2, -0.15) is 0 Å². The largest absolute Gasteiger partial charge is 0.480 e. The minimum absolute atomic E-state index is 0.356. The van der Waals surface area contributed by atoms with Gasteiger partial charge < -0.3 is 5.11 Å². The number of hydrogen-bond acceptors (Lipinski definition) is 2. The topological polar surface area (TPSA) is 49.3 Å². The molecule has 2 N–H and O–H groups in total. The average Bonchev–Trinajstić information content (AvgIpc) is 2.29. The van der Waals surface area contributed by atoms with E-state index in [4.69, 9.17) is 23.2 Å². The van der Waals surface area contributed by atoms with Gasteiger partial charge in [-0.3, -0.25) is 5.32 Å². The third kappa shape index (κ3) is 3.12. The molecule has 0 heterocycles. The first-order valence-corrected chi connectivity index (χ1v) is 6.11. The maximum atomic E-state index is 11.4. The summed E-state index contributed by atoms with van der Waals surface area (Å²) in [5.41, 5.74) is -0.558. The van der Waals surface area contributed by atoms with E-state index in [2.05, 4.69) is 5.32 Å². The number of rotatable bonds is 5. The zero-order valence-electron chi connectivity index (χ0n) is 9.76. The van der Waals surface area contributed by atoms with Gasteiger partial charge in [0.05, 0.1) is 10.0 Å². The standard InChI is InChI=1S/C12H15Cl2NO2/c1-3-6-15-12(2,11(16)17)8-4-5-9(13)10(14)7-8/h4-5,7,15H,3,6H2,1-2H3,(H,16,17). The molecule has 0 fully saturated rings. The Kier molecular flexibility index (Phi) is 4.80. The van der Waals surface area contributed by atoms with Crippen molar-refractivity contribution in [2.45, 2.75) is 25.8 Å². The normalized spacial score (nSPS) is 14.4. The third-order valence-corrected chi connectivity index (χ3v) is 3.39. The number of halogens is 2. The molecule has 17 heavy (non-hydrogen) atoms. The summed E-state index contributed by atoms with van der Waals surface area (Å²) in [5, 5.41) is 13.1. The molecule has 0 radical (unpaired) electrons. The van der Waals surface area contributed by atoms with Crippen molar-refractivity contribution in [2.75, 3.05) is 6.54 Å². The average molecular weight is 276 g/mol. The van der Waals surface area contributed by atoms with E-state index in [1.54, 1.807) is 25.1 Å². The SMILES string of the molecule is CCCNC(C)(C(=O)O)c1ccc(Cl)c(Cl)c1. The molecular weight excluding hydrogens is 261 g/mol. The molecule has 0 amide bonds. The lowest BCUT2D eigenvalue weighted by atomic mass is 9.92. The van der Waals surface area contributed by atoms with Crippen molar-refractivity contribution >= 4 is 29.2 Å². The Balaban J connectivity index is 3.13. The van der Waals surface area contributed by atoms with Crippen LogP contribution in [0.1, 0.15) is 25.8 Å². The lowest BCUT2D eigenvalue weighted by molar-refractivity contribution is -0.144. The van der Waals surface area contributed by atoms with E-state index in [9.17, 15) is 9.90 Å². The summed E-state index contributed by atoms with van der Waals surface area (Å²) in [6.07, 6.45) is 0.851. The van der Waals surface area contributed by atoms with Crippen LogP contribution in [-0.2, 0) is 10.3 Å². The molecule has 1 rings (SSSR count). The summed E-state index contributed by atoms with van der Waals surface area (Å²) in [5.74, 6) is -0.940. The molecule has 94 valence electrons. The van der Waals surface area contributed by atoms with E-state index in [0.29, 0.717) is 22.2 Å². The van der Waals surface area contributed by atoms with Gasteiger partial charge in [0.25, 0.3) is 0 Å². The van der Waals surface area contributed by atoms with Crippen molar-refractivity contribution in [2.24, 2.45) is 0 Å². The maximum absolute atomic E-state index is 11.4. The summed E-state index contributed by atoms with van der Waals surface area (Å²) in [4.78, 5) is 11.4. The van der Waals surface area contributed by atoms with Crippen LogP contribution < -0.4 is 5.32 Å². The Morgan fingerprint density at radius 2 is 2.06 bits per heavy atom. The van der Waals surface area contributed by atoms with Crippen LogP contribution in [0.3, 0.4) is 0 Å². The van der Waals surface area contributed by atoms with Crippen LogP contribution in [0.25, 0.3) is 0 Å². The lowest BCUT2D eigenvalue weighted by Crippen LogP contribution is -2.46. The quantitative estimate of drug-likeness (QED) is 0.867.